The summed E-state index contributed by atoms with van der Waals surface area (Å²) in [4.78, 5) is 11.1. The maximum absolute atomic E-state index is 11.1. The van der Waals surface area contributed by atoms with E-state index in [0.29, 0.717) is 6.42 Å². The van der Waals surface area contributed by atoms with Crippen LogP contribution < -0.4 is 10.1 Å². The Kier molecular flexibility index (Phi) is 25.3. The van der Waals surface area contributed by atoms with Crippen molar-refractivity contribution in [3.63, 3.8) is 0 Å². The smallest absolute Gasteiger partial charge is 0.309 e. The highest BCUT2D eigenvalue weighted by Crippen LogP contribution is 2.19. The molecule has 0 aromatic heterocycles. The van der Waals surface area contributed by atoms with E-state index < -0.39 is 0 Å². The molecule has 0 aliphatic rings. The summed E-state index contributed by atoms with van der Waals surface area (Å²) < 4.78 is 10.2. The Morgan fingerprint density at radius 3 is 2.07 bits per heavy atom. The van der Waals surface area contributed by atoms with Gasteiger partial charge in [-0.1, -0.05) is 59.8 Å². The van der Waals surface area contributed by atoms with Gasteiger partial charge in [0, 0.05) is 12.2 Å². The van der Waals surface area contributed by atoms with Crippen LogP contribution in [0.2, 0.25) is 0 Å². The third-order valence-electron chi connectivity index (χ3n) is 3.41. The molecule has 0 radical (unpaired) electrons. The van der Waals surface area contributed by atoms with E-state index in [-0.39, 0.29) is 5.97 Å². The molecule has 0 spiro atoms. The van der Waals surface area contributed by atoms with E-state index in [4.69, 9.17) is 4.74 Å². The van der Waals surface area contributed by atoms with Crippen LogP contribution in [-0.4, -0.2) is 26.2 Å². The van der Waals surface area contributed by atoms with Gasteiger partial charge in [-0.05, 0) is 50.8 Å². The third kappa shape index (κ3) is 16.2. The van der Waals surface area contributed by atoms with E-state index in [1.54, 1.807) is 0 Å². The van der Waals surface area contributed by atoms with Gasteiger partial charge in [0.05, 0.1) is 20.1 Å². The largest absolute Gasteiger partial charge is 0.493 e. The van der Waals surface area contributed by atoms with Crippen molar-refractivity contribution in [3.8, 4) is 5.75 Å². The van der Waals surface area contributed by atoms with Crippen molar-refractivity contribution >= 4 is 5.97 Å². The van der Waals surface area contributed by atoms with Crippen LogP contribution in [0.5, 0.6) is 5.75 Å². The number of carbonyl (C=O) groups excluding carboxylic acids is 1. The number of hydrogen-bond acceptors (Lipinski definition) is 4. The average Bonchev–Trinajstić information content (AvgIpc) is 2.74. The molecule has 164 valence electrons. The molecule has 0 atom stereocenters. The van der Waals surface area contributed by atoms with Gasteiger partial charge in [0.1, 0.15) is 5.75 Å². The van der Waals surface area contributed by atoms with Gasteiger partial charge >= 0.3 is 5.97 Å². The van der Waals surface area contributed by atoms with Crippen LogP contribution in [0, 0.1) is 6.92 Å². The Balaban J connectivity index is -0.000000440. The fourth-order valence-corrected chi connectivity index (χ4v) is 2.09. The summed E-state index contributed by atoms with van der Waals surface area (Å²) in [6.07, 6.45) is 4.53. The summed E-state index contributed by atoms with van der Waals surface area (Å²) in [7, 11) is 1.40. The molecule has 0 aliphatic carbocycles. The van der Waals surface area contributed by atoms with Crippen LogP contribution in [0.3, 0.4) is 0 Å². The summed E-state index contributed by atoms with van der Waals surface area (Å²) >= 11 is 0. The molecule has 0 unspecified atom stereocenters. The van der Waals surface area contributed by atoms with Crippen LogP contribution in [0.25, 0.3) is 0 Å². The molecule has 0 bridgehead atoms. The lowest BCUT2D eigenvalue weighted by Crippen LogP contribution is -2.10. The second-order valence-corrected chi connectivity index (χ2v) is 5.40. The van der Waals surface area contributed by atoms with Crippen LogP contribution in [0.15, 0.2) is 30.0 Å². The number of methoxy groups -OCH3 is 1. The minimum Gasteiger partial charge on any atom is -0.493 e. The zero-order valence-corrected chi connectivity index (χ0v) is 20.1. The molecule has 1 N–H and O–H groups in total. The number of nitrogens with one attached hydrogen (secondary N) is 1. The summed E-state index contributed by atoms with van der Waals surface area (Å²) in [5.74, 6) is 0.664. The van der Waals surface area contributed by atoms with E-state index in [0.717, 1.165) is 42.9 Å². The first-order chi connectivity index (χ1) is 13.5. The van der Waals surface area contributed by atoms with Crippen LogP contribution in [0.1, 0.15) is 79.4 Å². The number of benzene rings is 1. The lowest BCUT2D eigenvalue weighted by molar-refractivity contribution is -0.139. The van der Waals surface area contributed by atoms with Crippen molar-refractivity contribution in [1.29, 1.82) is 0 Å². The third-order valence-corrected chi connectivity index (χ3v) is 3.41. The molecular weight excluding hydrogens is 350 g/mol. The van der Waals surface area contributed by atoms with Gasteiger partial charge in [-0.2, -0.15) is 0 Å². The van der Waals surface area contributed by atoms with Crippen LogP contribution >= 0.6 is 0 Å². The maximum Gasteiger partial charge on any atom is 0.309 e. The topological polar surface area (TPSA) is 47.6 Å². The fraction of sp³-hybridized carbons (Fsp3) is 0.625. The first-order valence-electron chi connectivity index (χ1n) is 10.7. The Morgan fingerprint density at radius 1 is 1.11 bits per heavy atom. The van der Waals surface area contributed by atoms with E-state index in [1.807, 2.05) is 52.8 Å². The quantitative estimate of drug-likeness (QED) is 0.513. The number of rotatable bonds is 8. The second kappa shape index (κ2) is 23.1. The number of ether oxygens (including phenoxy) is 2. The number of hydrogen-bond donors (Lipinski definition) is 1. The van der Waals surface area contributed by atoms with Crippen molar-refractivity contribution in [3.05, 3.63) is 41.1 Å². The van der Waals surface area contributed by atoms with E-state index >= 15 is 0 Å². The molecule has 0 amide bonds. The SMILES string of the molecule is C/C=C(/CC)NCC.CC.CC.CCCOc1ccc(CC(=O)OC)cc1C. The first-order valence-corrected chi connectivity index (χ1v) is 10.7. The molecule has 28 heavy (non-hydrogen) atoms. The minimum absolute atomic E-state index is 0.221. The molecule has 1 aromatic rings. The highest BCUT2D eigenvalue weighted by molar-refractivity contribution is 5.72. The van der Waals surface area contributed by atoms with Crippen LogP contribution in [0.4, 0.5) is 0 Å². The number of carbonyl (C=O) groups is 1. The van der Waals surface area contributed by atoms with Gasteiger partial charge in [0.15, 0.2) is 0 Å². The van der Waals surface area contributed by atoms with Gasteiger partial charge in [0.2, 0.25) is 0 Å². The molecule has 4 heteroatoms. The molecular formula is C24H45NO3. The van der Waals surface area contributed by atoms with Crippen LogP contribution in [-0.2, 0) is 16.0 Å². The standard InChI is InChI=1S/C13H18O3.C7H15N.2C2H6/c1-4-7-16-12-6-5-11(8-10(12)2)9-13(14)15-3;1-4-7(5-2)8-6-3;2*1-2/h5-6,8H,4,7,9H2,1-3H3;4,8H,5-6H2,1-3H3;2*1-2H3/b;7-4-;;. The van der Waals surface area contributed by atoms with Crippen molar-refractivity contribution in [2.45, 2.75) is 81.6 Å². The lowest BCUT2D eigenvalue weighted by Gasteiger charge is -2.09. The van der Waals surface area contributed by atoms with Crippen molar-refractivity contribution < 1.29 is 14.3 Å². The van der Waals surface area contributed by atoms with Gasteiger partial charge < -0.3 is 14.8 Å². The van der Waals surface area contributed by atoms with Crippen molar-refractivity contribution in [1.82, 2.24) is 5.32 Å². The Hall–Kier alpha value is -1.97. The molecule has 0 fully saturated rings. The monoisotopic (exact) mass is 395 g/mol. The summed E-state index contributed by atoms with van der Waals surface area (Å²) in [6.45, 7) is 20.1. The van der Waals surface area contributed by atoms with Gasteiger partial charge in [-0.25, -0.2) is 0 Å². The van der Waals surface area contributed by atoms with Gasteiger partial charge in [0.25, 0.3) is 0 Å². The molecule has 1 rings (SSSR count). The van der Waals surface area contributed by atoms with E-state index in [2.05, 4.69) is 43.8 Å². The normalized spacial score (nSPS) is 9.43. The van der Waals surface area contributed by atoms with Crippen molar-refractivity contribution in [2.75, 3.05) is 20.3 Å². The predicted octanol–water partition coefficient (Wildman–Crippen LogP) is 6.46. The molecule has 4 nitrogen and oxygen atoms in total. The average molecular weight is 396 g/mol. The Bertz CT molecular complexity index is 511. The highest BCUT2D eigenvalue weighted by atomic mass is 16.5. The zero-order valence-electron chi connectivity index (χ0n) is 20.1. The molecule has 0 aliphatic heterocycles. The van der Waals surface area contributed by atoms with Crippen molar-refractivity contribution in [2.24, 2.45) is 0 Å². The summed E-state index contributed by atoms with van der Waals surface area (Å²) in [6, 6.07) is 5.76. The number of esters is 1. The Morgan fingerprint density at radius 2 is 1.71 bits per heavy atom. The zero-order chi connectivity index (χ0) is 22.4. The summed E-state index contributed by atoms with van der Waals surface area (Å²) in [5, 5.41) is 3.24. The molecule has 0 saturated carbocycles. The summed E-state index contributed by atoms with van der Waals surface area (Å²) in [5.41, 5.74) is 3.34. The van der Waals surface area contributed by atoms with Gasteiger partial charge in [-0.15, -0.1) is 0 Å². The molecule has 1 aromatic carbocycles. The lowest BCUT2D eigenvalue weighted by atomic mass is 10.1. The fourth-order valence-electron chi connectivity index (χ4n) is 2.09. The Labute approximate surface area is 174 Å². The number of allylic oxidation sites excluding steroid dienone is 2. The maximum atomic E-state index is 11.1. The second-order valence-electron chi connectivity index (χ2n) is 5.40. The minimum atomic E-state index is -0.221. The molecule has 0 saturated heterocycles. The highest BCUT2D eigenvalue weighted by Gasteiger charge is 2.05. The van der Waals surface area contributed by atoms with E-state index in [1.165, 1.54) is 12.8 Å². The van der Waals surface area contributed by atoms with Gasteiger partial charge in [-0.3, -0.25) is 4.79 Å². The molecule has 0 heterocycles. The number of aryl methyl sites for hydroxylation is 1. The predicted molar refractivity (Wildman–Crippen MR) is 123 cm³/mol. The first kappa shape index (κ1) is 30.7. The van der Waals surface area contributed by atoms with E-state index in [9.17, 15) is 4.79 Å².